The van der Waals surface area contributed by atoms with E-state index in [1.165, 1.54) is 10.7 Å². The lowest BCUT2D eigenvalue weighted by atomic mass is 10.1. The summed E-state index contributed by atoms with van der Waals surface area (Å²) in [5.41, 5.74) is 0.996. The Bertz CT molecular complexity index is 892. The van der Waals surface area contributed by atoms with E-state index in [4.69, 9.17) is 4.42 Å². The van der Waals surface area contributed by atoms with Crippen molar-refractivity contribution in [2.75, 3.05) is 0 Å². The predicted molar refractivity (Wildman–Crippen MR) is 75.5 cm³/mol. The number of hydrogen-bond acceptors (Lipinski definition) is 4. The van der Waals surface area contributed by atoms with Gasteiger partial charge in [-0.15, -0.1) is 0 Å². The zero-order valence-corrected chi connectivity index (χ0v) is 11.2. The van der Waals surface area contributed by atoms with Crippen LogP contribution in [0, 0.1) is 6.92 Å². The van der Waals surface area contributed by atoms with Crippen molar-refractivity contribution in [3.63, 3.8) is 0 Å². The van der Waals surface area contributed by atoms with Gasteiger partial charge in [-0.1, -0.05) is 18.2 Å². The molecule has 0 aliphatic carbocycles. The van der Waals surface area contributed by atoms with E-state index in [1.807, 2.05) is 0 Å². The molecule has 21 heavy (non-hydrogen) atoms. The Morgan fingerprint density at radius 1 is 1.38 bits per heavy atom. The topological polar surface area (TPSA) is 85.3 Å². The number of fused-ring (bicyclic) bond motifs is 1. The quantitative estimate of drug-likeness (QED) is 0.795. The highest BCUT2D eigenvalue weighted by Crippen LogP contribution is 2.26. The molecule has 0 saturated carbocycles. The van der Waals surface area contributed by atoms with E-state index in [0.717, 1.165) is 5.56 Å². The molecule has 1 aromatic carbocycles. The average molecular weight is 284 g/mol. The standard InChI is InChI=1S/C15H12N2O4/c1-9-6-13(18)17(16-7-9)8-12-14(15(19)20)10-4-2-3-5-11(10)21-12/h2-7H,8H2,1H3,(H,19,20). The van der Waals surface area contributed by atoms with E-state index in [0.29, 0.717) is 11.0 Å². The zero-order chi connectivity index (χ0) is 15.0. The van der Waals surface area contributed by atoms with Crippen LogP contribution in [0.3, 0.4) is 0 Å². The summed E-state index contributed by atoms with van der Waals surface area (Å²) in [6.07, 6.45) is 1.55. The van der Waals surface area contributed by atoms with Crippen molar-refractivity contribution < 1.29 is 14.3 Å². The summed E-state index contributed by atoms with van der Waals surface area (Å²) in [6, 6.07) is 8.31. The zero-order valence-electron chi connectivity index (χ0n) is 11.2. The molecule has 0 bridgehead atoms. The molecule has 0 unspecified atom stereocenters. The van der Waals surface area contributed by atoms with Gasteiger partial charge in [0, 0.05) is 11.5 Å². The summed E-state index contributed by atoms with van der Waals surface area (Å²) in [5, 5.41) is 13.9. The lowest BCUT2D eigenvalue weighted by Crippen LogP contribution is -2.23. The number of furan rings is 1. The van der Waals surface area contributed by atoms with Crippen LogP contribution in [0.1, 0.15) is 21.7 Å². The van der Waals surface area contributed by atoms with Crippen LogP contribution in [0.25, 0.3) is 11.0 Å². The fraction of sp³-hybridized carbons (Fsp3) is 0.133. The first kappa shape index (κ1) is 13.1. The van der Waals surface area contributed by atoms with Crippen molar-refractivity contribution in [3.05, 3.63) is 63.8 Å². The number of aryl methyl sites for hydroxylation is 1. The highest BCUT2D eigenvalue weighted by atomic mass is 16.4. The normalized spacial score (nSPS) is 10.9. The summed E-state index contributed by atoms with van der Waals surface area (Å²) < 4.78 is 6.75. The molecule has 0 atom stereocenters. The highest BCUT2D eigenvalue weighted by Gasteiger charge is 2.20. The van der Waals surface area contributed by atoms with Gasteiger partial charge in [-0.2, -0.15) is 5.10 Å². The number of aromatic carboxylic acids is 1. The SMILES string of the molecule is Cc1cnn(Cc2oc3ccccc3c2C(=O)O)c(=O)c1. The Morgan fingerprint density at radius 2 is 2.14 bits per heavy atom. The van der Waals surface area contributed by atoms with Gasteiger partial charge in [0.1, 0.15) is 23.5 Å². The van der Waals surface area contributed by atoms with Gasteiger partial charge >= 0.3 is 5.97 Å². The lowest BCUT2D eigenvalue weighted by molar-refractivity contribution is 0.0696. The first-order valence-electron chi connectivity index (χ1n) is 6.34. The maximum absolute atomic E-state index is 11.9. The predicted octanol–water partition coefficient (Wildman–Crippen LogP) is 2.04. The van der Waals surface area contributed by atoms with Gasteiger partial charge in [0.05, 0.1) is 6.20 Å². The summed E-state index contributed by atoms with van der Waals surface area (Å²) in [6.45, 7) is 1.75. The van der Waals surface area contributed by atoms with E-state index in [1.54, 1.807) is 37.4 Å². The molecule has 0 aliphatic heterocycles. The van der Waals surface area contributed by atoms with Gasteiger partial charge in [-0.3, -0.25) is 4.79 Å². The summed E-state index contributed by atoms with van der Waals surface area (Å²) in [5.74, 6) is -0.878. The number of carboxylic acid groups (broad SMARTS) is 1. The smallest absolute Gasteiger partial charge is 0.339 e. The number of aromatic nitrogens is 2. The van der Waals surface area contributed by atoms with Crippen molar-refractivity contribution in [1.29, 1.82) is 0 Å². The average Bonchev–Trinajstić information content (AvgIpc) is 2.80. The second-order valence-corrected chi connectivity index (χ2v) is 4.73. The molecule has 0 spiro atoms. The lowest BCUT2D eigenvalue weighted by Gasteiger charge is -2.03. The highest BCUT2D eigenvalue weighted by molar-refractivity contribution is 6.03. The van der Waals surface area contributed by atoms with E-state index < -0.39 is 5.97 Å². The first-order valence-corrected chi connectivity index (χ1v) is 6.34. The molecular weight excluding hydrogens is 272 g/mol. The molecule has 3 rings (SSSR count). The molecule has 2 aromatic heterocycles. The second-order valence-electron chi connectivity index (χ2n) is 4.73. The Morgan fingerprint density at radius 3 is 2.86 bits per heavy atom. The molecule has 0 radical (unpaired) electrons. The maximum Gasteiger partial charge on any atom is 0.339 e. The Hall–Kier alpha value is -2.89. The third kappa shape index (κ3) is 2.31. The van der Waals surface area contributed by atoms with Crippen LogP contribution in [0.15, 0.2) is 45.7 Å². The largest absolute Gasteiger partial charge is 0.478 e. The molecular formula is C15H12N2O4. The van der Waals surface area contributed by atoms with E-state index in [-0.39, 0.29) is 23.4 Å². The molecule has 0 fully saturated rings. The van der Waals surface area contributed by atoms with Gasteiger partial charge in [-0.25, -0.2) is 9.48 Å². The van der Waals surface area contributed by atoms with Gasteiger partial charge in [0.15, 0.2) is 0 Å². The van der Waals surface area contributed by atoms with Crippen LogP contribution in [0.4, 0.5) is 0 Å². The number of carboxylic acids is 1. The van der Waals surface area contributed by atoms with Crippen molar-refractivity contribution in [2.45, 2.75) is 13.5 Å². The molecule has 3 aromatic rings. The summed E-state index contributed by atoms with van der Waals surface area (Å²) in [4.78, 5) is 23.3. The number of benzene rings is 1. The minimum atomic E-state index is -1.09. The van der Waals surface area contributed by atoms with Crippen LogP contribution in [0.5, 0.6) is 0 Å². The molecule has 6 nitrogen and oxygen atoms in total. The van der Waals surface area contributed by atoms with Crippen LogP contribution in [0.2, 0.25) is 0 Å². The molecule has 0 saturated heterocycles. The van der Waals surface area contributed by atoms with Crippen molar-refractivity contribution in [2.24, 2.45) is 0 Å². The monoisotopic (exact) mass is 284 g/mol. The number of nitrogens with zero attached hydrogens (tertiary/aromatic N) is 2. The van der Waals surface area contributed by atoms with Crippen LogP contribution < -0.4 is 5.56 Å². The van der Waals surface area contributed by atoms with Gasteiger partial charge in [0.25, 0.3) is 5.56 Å². The first-order chi connectivity index (χ1) is 10.1. The second kappa shape index (κ2) is 4.90. The molecule has 0 amide bonds. The molecule has 106 valence electrons. The van der Waals surface area contributed by atoms with Crippen molar-refractivity contribution >= 4 is 16.9 Å². The Labute approximate surface area is 119 Å². The van der Waals surface area contributed by atoms with E-state index in [2.05, 4.69) is 5.10 Å². The van der Waals surface area contributed by atoms with Crippen LogP contribution in [-0.2, 0) is 6.54 Å². The minimum Gasteiger partial charge on any atom is -0.478 e. The number of rotatable bonds is 3. The van der Waals surface area contributed by atoms with Gasteiger partial charge < -0.3 is 9.52 Å². The molecule has 1 N–H and O–H groups in total. The van der Waals surface area contributed by atoms with E-state index in [9.17, 15) is 14.7 Å². The third-order valence-corrected chi connectivity index (χ3v) is 3.18. The number of carbonyl (C=O) groups is 1. The molecule has 6 heteroatoms. The molecule has 2 heterocycles. The molecule has 0 aliphatic rings. The number of para-hydroxylation sites is 1. The Balaban J connectivity index is 2.14. The maximum atomic E-state index is 11.9. The van der Waals surface area contributed by atoms with Crippen LogP contribution >= 0.6 is 0 Å². The van der Waals surface area contributed by atoms with E-state index >= 15 is 0 Å². The fourth-order valence-electron chi connectivity index (χ4n) is 2.22. The van der Waals surface area contributed by atoms with Crippen LogP contribution in [-0.4, -0.2) is 20.9 Å². The summed E-state index contributed by atoms with van der Waals surface area (Å²) in [7, 11) is 0. The fourth-order valence-corrected chi connectivity index (χ4v) is 2.22. The Kier molecular flexibility index (Phi) is 3.06. The number of hydrogen-bond donors (Lipinski definition) is 1. The summed E-state index contributed by atoms with van der Waals surface area (Å²) >= 11 is 0. The van der Waals surface area contributed by atoms with Gasteiger partial charge in [0.2, 0.25) is 0 Å². The third-order valence-electron chi connectivity index (χ3n) is 3.18. The van der Waals surface area contributed by atoms with Gasteiger partial charge in [-0.05, 0) is 18.6 Å². The minimum absolute atomic E-state index is 0.0184. The van der Waals surface area contributed by atoms with Crippen molar-refractivity contribution in [3.8, 4) is 0 Å². The van der Waals surface area contributed by atoms with Crippen molar-refractivity contribution in [1.82, 2.24) is 9.78 Å².